The van der Waals surface area contributed by atoms with E-state index in [2.05, 4.69) is 41.3 Å². The predicted octanol–water partition coefficient (Wildman–Crippen LogP) is 1.29. The Bertz CT molecular complexity index is 238. The maximum absolute atomic E-state index is 4.20. The number of likely N-dealkylation sites (tertiary alicyclic amines) is 1. The molecular weight excluding hydrogens is 212 g/mol. The molecule has 1 aliphatic heterocycles. The van der Waals surface area contributed by atoms with Crippen LogP contribution in [-0.4, -0.2) is 50.1 Å². The Hall–Kier alpha value is -0.770. The topological polar surface area (TPSA) is 39.7 Å². The molecule has 0 aliphatic carbocycles. The van der Waals surface area contributed by atoms with Crippen molar-refractivity contribution in [3.8, 4) is 0 Å². The molecule has 4 heteroatoms. The van der Waals surface area contributed by atoms with Crippen LogP contribution in [0.1, 0.15) is 33.6 Å². The van der Waals surface area contributed by atoms with Crippen LogP contribution in [0.25, 0.3) is 0 Å². The molecule has 0 bridgehead atoms. The van der Waals surface area contributed by atoms with E-state index in [1.807, 2.05) is 7.05 Å². The van der Waals surface area contributed by atoms with Crippen molar-refractivity contribution >= 4 is 5.96 Å². The summed E-state index contributed by atoms with van der Waals surface area (Å²) in [4.78, 5) is 6.75. The van der Waals surface area contributed by atoms with Gasteiger partial charge in [-0.1, -0.05) is 6.92 Å². The first-order valence-electron chi connectivity index (χ1n) is 6.81. The number of rotatable bonds is 4. The third-order valence-electron chi connectivity index (χ3n) is 3.11. The van der Waals surface area contributed by atoms with Crippen LogP contribution in [0.15, 0.2) is 4.99 Å². The SMILES string of the molecule is CN=C(NCCN1CCCC(C)C1)NC(C)C. The third-order valence-corrected chi connectivity index (χ3v) is 3.11. The molecule has 1 atom stereocenters. The second-order valence-corrected chi connectivity index (χ2v) is 5.35. The van der Waals surface area contributed by atoms with Crippen molar-refractivity contribution in [3.63, 3.8) is 0 Å². The Balaban J connectivity index is 2.17. The van der Waals surface area contributed by atoms with Crippen LogP contribution in [0, 0.1) is 5.92 Å². The van der Waals surface area contributed by atoms with Crippen molar-refractivity contribution in [2.45, 2.75) is 39.7 Å². The Labute approximate surface area is 106 Å². The number of hydrogen-bond acceptors (Lipinski definition) is 2. The Kier molecular flexibility index (Phi) is 6.34. The zero-order valence-electron chi connectivity index (χ0n) is 11.8. The van der Waals surface area contributed by atoms with E-state index < -0.39 is 0 Å². The van der Waals surface area contributed by atoms with Gasteiger partial charge in [0.1, 0.15) is 0 Å². The summed E-state index contributed by atoms with van der Waals surface area (Å²) in [5.74, 6) is 1.77. The highest BCUT2D eigenvalue weighted by atomic mass is 15.2. The molecular formula is C13H28N4. The van der Waals surface area contributed by atoms with Crippen LogP contribution in [0.3, 0.4) is 0 Å². The smallest absolute Gasteiger partial charge is 0.191 e. The molecule has 100 valence electrons. The van der Waals surface area contributed by atoms with Gasteiger partial charge < -0.3 is 15.5 Å². The molecule has 0 amide bonds. The van der Waals surface area contributed by atoms with Crippen molar-refractivity contribution < 1.29 is 0 Å². The van der Waals surface area contributed by atoms with Crippen molar-refractivity contribution in [2.24, 2.45) is 10.9 Å². The zero-order valence-corrected chi connectivity index (χ0v) is 11.8. The molecule has 0 aromatic heterocycles. The fourth-order valence-corrected chi connectivity index (χ4v) is 2.29. The van der Waals surface area contributed by atoms with E-state index >= 15 is 0 Å². The van der Waals surface area contributed by atoms with Gasteiger partial charge in [0.05, 0.1) is 0 Å². The first-order valence-corrected chi connectivity index (χ1v) is 6.81. The fraction of sp³-hybridized carbons (Fsp3) is 0.923. The van der Waals surface area contributed by atoms with Gasteiger partial charge in [0.15, 0.2) is 5.96 Å². The van der Waals surface area contributed by atoms with E-state index in [0.29, 0.717) is 6.04 Å². The maximum atomic E-state index is 4.20. The summed E-state index contributed by atoms with van der Waals surface area (Å²) in [5.41, 5.74) is 0. The lowest BCUT2D eigenvalue weighted by atomic mass is 10.0. The van der Waals surface area contributed by atoms with Crippen molar-refractivity contribution in [1.82, 2.24) is 15.5 Å². The number of piperidine rings is 1. The lowest BCUT2D eigenvalue weighted by Crippen LogP contribution is -2.45. The standard InChI is InChI=1S/C13H28N4/c1-11(2)16-13(14-4)15-7-9-17-8-5-6-12(3)10-17/h11-12H,5-10H2,1-4H3,(H2,14,15,16). The van der Waals surface area contributed by atoms with Gasteiger partial charge in [0.25, 0.3) is 0 Å². The molecule has 1 aliphatic rings. The molecule has 0 spiro atoms. The molecule has 1 rings (SSSR count). The van der Waals surface area contributed by atoms with Crippen LogP contribution in [-0.2, 0) is 0 Å². The quantitative estimate of drug-likeness (QED) is 0.574. The Morgan fingerprint density at radius 1 is 1.47 bits per heavy atom. The highest BCUT2D eigenvalue weighted by Gasteiger charge is 2.15. The number of hydrogen-bond donors (Lipinski definition) is 2. The van der Waals surface area contributed by atoms with E-state index in [0.717, 1.165) is 25.0 Å². The lowest BCUT2D eigenvalue weighted by molar-refractivity contribution is 0.187. The molecule has 1 fully saturated rings. The Morgan fingerprint density at radius 2 is 2.24 bits per heavy atom. The van der Waals surface area contributed by atoms with Gasteiger partial charge in [-0.05, 0) is 39.2 Å². The van der Waals surface area contributed by atoms with Crippen LogP contribution in [0.2, 0.25) is 0 Å². The zero-order chi connectivity index (χ0) is 12.7. The minimum Gasteiger partial charge on any atom is -0.355 e. The van der Waals surface area contributed by atoms with Gasteiger partial charge >= 0.3 is 0 Å². The number of nitrogens with one attached hydrogen (secondary N) is 2. The Morgan fingerprint density at radius 3 is 2.82 bits per heavy atom. The molecule has 1 saturated heterocycles. The second kappa shape index (κ2) is 7.54. The van der Waals surface area contributed by atoms with E-state index in [-0.39, 0.29) is 0 Å². The average Bonchev–Trinajstić information content (AvgIpc) is 2.27. The number of aliphatic imine (C=N–C) groups is 1. The van der Waals surface area contributed by atoms with E-state index in [1.165, 1.54) is 25.9 Å². The highest BCUT2D eigenvalue weighted by molar-refractivity contribution is 5.79. The maximum Gasteiger partial charge on any atom is 0.191 e. The summed E-state index contributed by atoms with van der Waals surface area (Å²) in [6.45, 7) is 11.2. The number of guanidine groups is 1. The molecule has 0 aromatic carbocycles. The molecule has 1 unspecified atom stereocenters. The van der Waals surface area contributed by atoms with Crippen LogP contribution in [0.4, 0.5) is 0 Å². The first kappa shape index (κ1) is 14.3. The summed E-state index contributed by atoms with van der Waals surface area (Å²) in [6.07, 6.45) is 2.74. The van der Waals surface area contributed by atoms with E-state index in [9.17, 15) is 0 Å². The van der Waals surface area contributed by atoms with Gasteiger partial charge in [-0.3, -0.25) is 4.99 Å². The molecule has 0 radical (unpaired) electrons. The minimum absolute atomic E-state index is 0.427. The second-order valence-electron chi connectivity index (χ2n) is 5.35. The van der Waals surface area contributed by atoms with Crippen molar-refractivity contribution in [3.05, 3.63) is 0 Å². The molecule has 4 nitrogen and oxygen atoms in total. The summed E-state index contributed by atoms with van der Waals surface area (Å²) in [6, 6.07) is 0.427. The van der Waals surface area contributed by atoms with Gasteiger partial charge in [-0.2, -0.15) is 0 Å². The van der Waals surface area contributed by atoms with Crippen LogP contribution < -0.4 is 10.6 Å². The lowest BCUT2D eigenvalue weighted by Gasteiger charge is -2.31. The molecule has 0 saturated carbocycles. The van der Waals surface area contributed by atoms with Crippen LogP contribution in [0.5, 0.6) is 0 Å². The van der Waals surface area contributed by atoms with Gasteiger partial charge in [-0.25, -0.2) is 0 Å². The van der Waals surface area contributed by atoms with Gasteiger partial charge in [-0.15, -0.1) is 0 Å². The van der Waals surface area contributed by atoms with Crippen molar-refractivity contribution in [1.29, 1.82) is 0 Å². The third kappa shape index (κ3) is 5.91. The average molecular weight is 240 g/mol. The molecule has 0 aromatic rings. The predicted molar refractivity (Wildman–Crippen MR) is 74.5 cm³/mol. The first-order chi connectivity index (χ1) is 8.11. The molecule has 2 N–H and O–H groups in total. The molecule has 17 heavy (non-hydrogen) atoms. The largest absolute Gasteiger partial charge is 0.355 e. The van der Waals surface area contributed by atoms with Gasteiger partial charge in [0.2, 0.25) is 0 Å². The monoisotopic (exact) mass is 240 g/mol. The van der Waals surface area contributed by atoms with Crippen molar-refractivity contribution in [2.75, 3.05) is 33.2 Å². The van der Waals surface area contributed by atoms with E-state index in [1.54, 1.807) is 0 Å². The van der Waals surface area contributed by atoms with Crippen LogP contribution >= 0.6 is 0 Å². The fourth-order valence-electron chi connectivity index (χ4n) is 2.29. The molecule has 1 heterocycles. The minimum atomic E-state index is 0.427. The summed E-state index contributed by atoms with van der Waals surface area (Å²) in [7, 11) is 1.82. The van der Waals surface area contributed by atoms with Gasteiger partial charge in [0, 0.05) is 32.7 Å². The highest BCUT2D eigenvalue weighted by Crippen LogP contribution is 2.14. The normalized spacial score (nSPS) is 22.9. The summed E-state index contributed by atoms with van der Waals surface area (Å²) in [5, 5.41) is 6.66. The summed E-state index contributed by atoms with van der Waals surface area (Å²) >= 11 is 0. The summed E-state index contributed by atoms with van der Waals surface area (Å²) < 4.78 is 0. The van der Waals surface area contributed by atoms with E-state index in [4.69, 9.17) is 0 Å². The number of nitrogens with zero attached hydrogens (tertiary/aromatic N) is 2.